The Hall–Kier alpha value is -1.62. The number of pyridine rings is 1. The molecule has 82 valence electrons. The SMILES string of the molecule is CSc1cncc(Cc2ccnc(N)n2)c1. The van der Waals surface area contributed by atoms with Crippen molar-refractivity contribution in [3.8, 4) is 0 Å². The molecule has 2 N–H and O–H groups in total. The minimum absolute atomic E-state index is 0.312. The maximum absolute atomic E-state index is 5.53. The Morgan fingerprint density at radius 1 is 1.38 bits per heavy atom. The Bertz CT molecular complexity index is 487. The molecular formula is C11H12N4S. The number of nitrogens with two attached hydrogens (primary N) is 1. The van der Waals surface area contributed by atoms with Crippen molar-refractivity contribution in [2.24, 2.45) is 0 Å². The van der Waals surface area contributed by atoms with Crippen LogP contribution in [0.3, 0.4) is 0 Å². The fraction of sp³-hybridized carbons (Fsp3) is 0.182. The van der Waals surface area contributed by atoms with E-state index >= 15 is 0 Å². The summed E-state index contributed by atoms with van der Waals surface area (Å²) in [5, 5.41) is 0. The van der Waals surface area contributed by atoms with Gasteiger partial charge in [-0.15, -0.1) is 11.8 Å². The third kappa shape index (κ3) is 2.70. The third-order valence-electron chi connectivity index (χ3n) is 2.12. The summed E-state index contributed by atoms with van der Waals surface area (Å²) in [6, 6.07) is 3.97. The van der Waals surface area contributed by atoms with Crippen molar-refractivity contribution in [2.45, 2.75) is 11.3 Å². The van der Waals surface area contributed by atoms with E-state index in [0.717, 1.165) is 22.6 Å². The quantitative estimate of drug-likeness (QED) is 0.817. The van der Waals surface area contributed by atoms with Gasteiger partial charge in [0.15, 0.2) is 0 Å². The monoisotopic (exact) mass is 232 g/mol. The van der Waals surface area contributed by atoms with Crippen LogP contribution in [0, 0.1) is 0 Å². The first kappa shape index (κ1) is 10.9. The first-order chi connectivity index (χ1) is 7.78. The van der Waals surface area contributed by atoms with Crippen LogP contribution in [-0.2, 0) is 6.42 Å². The highest BCUT2D eigenvalue weighted by Gasteiger charge is 2.00. The maximum Gasteiger partial charge on any atom is 0.220 e. The molecule has 0 aliphatic heterocycles. The summed E-state index contributed by atoms with van der Waals surface area (Å²) in [6.45, 7) is 0. The van der Waals surface area contributed by atoms with Crippen molar-refractivity contribution in [3.63, 3.8) is 0 Å². The predicted octanol–water partition coefficient (Wildman–Crippen LogP) is 1.77. The van der Waals surface area contributed by atoms with Gasteiger partial charge in [-0.3, -0.25) is 4.98 Å². The molecule has 0 saturated carbocycles. The van der Waals surface area contributed by atoms with E-state index in [1.54, 1.807) is 18.0 Å². The van der Waals surface area contributed by atoms with Gasteiger partial charge >= 0.3 is 0 Å². The van der Waals surface area contributed by atoms with E-state index in [2.05, 4.69) is 21.0 Å². The van der Waals surface area contributed by atoms with Crippen molar-refractivity contribution < 1.29 is 0 Å². The van der Waals surface area contributed by atoms with Crippen LogP contribution in [0.15, 0.2) is 35.6 Å². The van der Waals surface area contributed by atoms with Crippen LogP contribution in [0.1, 0.15) is 11.3 Å². The van der Waals surface area contributed by atoms with Gasteiger partial charge in [0.2, 0.25) is 5.95 Å². The fourth-order valence-corrected chi connectivity index (χ4v) is 1.83. The molecule has 0 aliphatic rings. The summed E-state index contributed by atoms with van der Waals surface area (Å²) >= 11 is 1.68. The maximum atomic E-state index is 5.53. The topological polar surface area (TPSA) is 64.7 Å². The Morgan fingerprint density at radius 2 is 2.25 bits per heavy atom. The molecule has 0 radical (unpaired) electrons. The lowest BCUT2D eigenvalue weighted by atomic mass is 10.1. The van der Waals surface area contributed by atoms with E-state index < -0.39 is 0 Å². The molecule has 16 heavy (non-hydrogen) atoms. The highest BCUT2D eigenvalue weighted by atomic mass is 32.2. The molecule has 2 aromatic heterocycles. The number of rotatable bonds is 3. The second-order valence-corrected chi connectivity index (χ2v) is 4.20. The molecule has 4 nitrogen and oxygen atoms in total. The summed E-state index contributed by atoms with van der Waals surface area (Å²) in [5.41, 5.74) is 7.57. The average Bonchev–Trinajstić information content (AvgIpc) is 2.29. The zero-order valence-electron chi connectivity index (χ0n) is 8.92. The number of thioether (sulfide) groups is 1. The van der Waals surface area contributed by atoms with Crippen LogP contribution in [0.25, 0.3) is 0 Å². The van der Waals surface area contributed by atoms with E-state index in [1.165, 1.54) is 0 Å². The highest BCUT2D eigenvalue weighted by molar-refractivity contribution is 7.98. The molecule has 2 rings (SSSR count). The van der Waals surface area contributed by atoms with Crippen molar-refractivity contribution in [3.05, 3.63) is 42.0 Å². The van der Waals surface area contributed by atoms with Crippen LogP contribution >= 0.6 is 11.8 Å². The van der Waals surface area contributed by atoms with E-state index in [0.29, 0.717) is 5.95 Å². The molecule has 0 aliphatic carbocycles. The van der Waals surface area contributed by atoms with Crippen molar-refractivity contribution in [1.29, 1.82) is 0 Å². The smallest absolute Gasteiger partial charge is 0.220 e. The van der Waals surface area contributed by atoms with Gasteiger partial charge in [0.25, 0.3) is 0 Å². The number of aromatic nitrogens is 3. The number of hydrogen-bond acceptors (Lipinski definition) is 5. The first-order valence-corrected chi connectivity index (χ1v) is 6.06. The van der Waals surface area contributed by atoms with E-state index in [4.69, 9.17) is 5.73 Å². The molecule has 2 aromatic rings. The third-order valence-corrected chi connectivity index (χ3v) is 2.82. The summed E-state index contributed by atoms with van der Waals surface area (Å²) in [5.74, 6) is 0.312. The van der Waals surface area contributed by atoms with Gasteiger partial charge in [-0.25, -0.2) is 9.97 Å². The van der Waals surface area contributed by atoms with Crippen molar-refractivity contribution in [1.82, 2.24) is 15.0 Å². The van der Waals surface area contributed by atoms with Gasteiger partial charge in [0, 0.05) is 29.9 Å². The minimum atomic E-state index is 0.312. The largest absolute Gasteiger partial charge is 0.368 e. The van der Waals surface area contributed by atoms with Crippen molar-refractivity contribution in [2.75, 3.05) is 12.0 Å². The molecule has 0 fully saturated rings. The van der Waals surface area contributed by atoms with E-state index in [-0.39, 0.29) is 0 Å². The molecular weight excluding hydrogens is 220 g/mol. The van der Waals surface area contributed by atoms with Crippen LogP contribution in [0.2, 0.25) is 0 Å². The molecule has 0 atom stereocenters. The zero-order valence-corrected chi connectivity index (χ0v) is 9.74. The van der Waals surface area contributed by atoms with Gasteiger partial charge in [0.1, 0.15) is 0 Å². The van der Waals surface area contributed by atoms with E-state index in [1.807, 2.05) is 24.7 Å². The number of nitrogen functional groups attached to an aromatic ring is 1. The van der Waals surface area contributed by atoms with Gasteiger partial charge < -0.3 is 5.73 Å². The average molecular weight is 232 g/mol. The van der Waals surface area contributed by atoms with Crippen LogP contribution in [0.5, 0.6) is 0 Å². The highest BCUT2D eigenvalue weighted by Crippen LogP contribution is 2.16. The van der Waals surface area contributed by atoms with Crippen LogP contribution in [-0.4, -0.2) is 21.2 Å². The van der Waals surface area contributed by atoms with Crippen LogP contribution < -0.4 is 5.73 Å². The number of anilines is 1. The lowest BCUT2D eigenvalue weighted by molar-refractivity contribution is 1.02. The molecule has 0 spiro atoms. The Kier molecular flexibility index (Phi) is 3.36. The van der Waals surface area contributed by atoms with Gasteiger partial charge in [-0.1, -0.05) is 0 Å². The molecule has 0 aromatic carbocycles. The van der Waals surface area contributed by atoms with Crippen LogP contribution in [0.4, 0.5) is 5.95 Å². The Labute approximate surface area is 98.3 Å². The summed E-state index contributed by atoms with van der Waals surface area (Å²) < 4.78 is 0. The Balaban J connectivity index is 2.20. The fourth-order valence-electron chi connectivity index (χ4n) is 1.39. The molecule has 0 saturated heterocycles. The van der Waals surface area contributed by atoms with Gasteiger partial charge in [-0.05, 0) is 24.0 Å². The second-order valence-electron chi connectivity index (χ2n) is 3.32. The molecule has 2 heterocycles. The minimum Gasteiger partial charge on any atom is -0.368 e. The standard InChI is InChI=1S/C11H12N4S/c1-16-10-5-8(6-13-7-10)4-9-2-3-14-11(12)15-9/h2-3,5-7H,4H2,1H3,(H2,12,14,15). The summed E-state index contributed by atoms with van der Waals surface area (Å²) in [6.07, 6.45) is 8.13. The number of hydrogen-bond donors (Lipinski definition) is 1. The van der Waals surface area contributed by atoms with Gasteiger partial charge in [0.05, 0.1) is 5.69 Å². The van der Waals surface area contributed by atoms with Crippen molar-refractivity contribution >= 4 is 17.7 Å². The van der Waals surface area contributed by atoms with E-state index in [9.17, 15) is 0 Å². The summed E-state index contributed by atoms with van der Waals surface area (Å²) in [4.78, 5) is 13.3. The van der Waals surface area contributed by atoms with Gasteiger partial charge in [-0.2, -0.15) is 0 Å². The molecule has 0 unspecified atom stereocenters. The molecule has 0 amide bonds. The lowest BCUT2D eigenvalue weighted by Crippen LogP contribution is -1.99. The normalized spacial score (nSPS) is 10.3. The Morgan fingerprint density at radius 3 is 3.00 bits per heavy atom. The lowest BCUT2D eigenvalue weighted by Gasteiger charge is -2.02. The summed E-state index contributed by atoms with van der Waals surface area (Å²) in [7, 11) is 0. The molecule has 0 bridgehead atoms. The number of nitrogens with zero attached hydrogens (tertiary/aromatic N) is 3. The zero-order chi connectivity index (χ0) is 11.4. The first-order valence-electron chi connectivity index (χ1n) is 4.83. The predicted molar refractivity (Wildman–Crippen MR) is 65.3 cm³/mol. The molecule has 5 heteroatoms. The second kappa shape index (κ2) is 4.94.